The van der Waals surface area contributed by atoms with E-state index < -0.39 is 17.8 Å². The molecule has 2 rings (SSSR count). The number of nitriles is 1. The molecule has 0 spiro atoms. The maximum Gasteiger partial charge on any atom is 0.312 e. The van der Waals surface area contributed by atoms with Gasteiger partial charge in [-0.25, -0.2) is 9.97 Å². The van der Waals surface area contributed by atoms with Crippen molar-refractivity contribution in [2.45, 2.75) is 84.5 Å². The van der Waals surface area contributed by atoms with E-state index in [-0.39, 0.29) is 5.92 Å². The van der Waals surface area contributed by atoms with Crippen molar-refractivity contribution in [1.29, 1.82) is 5.26 Å². The molecule has 0 aliphatic heterocycles. The molecule has 1 aromatic carbocycles. The maximum atomic E-state index is 12.0. The molecule has 3 atom stereocenters. The second kappa shape index (κ2) is 13.6. The molecule has 0 aliphatic rings. The van der Waals surface area contributed by atoms with E-state index >= 15 is 0 Å². The molecule has 2 aromatic rings. The minimum absolute atomic E-state index is 0.0216. The average molecular weight is 436 g/mol. The van der Waals surface area contributed by atoms with Gasteiger partial charge in [0.2, 0.25) is 0 Å². The van der Waals surface area contributed by atoms with E-state index in [1.54, 1.807) is 12.1 Å². The lowest BCUT2D eigenvalue weighted by Crippen LogP contribution is -2.25. The summed E-state index contributed by atoms with van der Waals surface area (Å²) in [6.07, 6.45) is 14.1. The van der Waals surface area contributed by atoms with Crippen molar-refractivity contribution >= 4 is 5.97 Å². The Bertz CT molecular complexity index is 856. The van der Waals surface area contributed by atoms with Crippen LogP contribution in [0, 0.1) is 23.2 Å². The third-order valence-electron chi connectivity index (χ3n) is 6.18. The monoisotopic (exact) mass is 435 g/mol. The second-order valence-electron chi connectivity index (χ2n) is 8.79. The molecule has 0 aliphatic carbocycles. The number of hydrogen-bond acceptors (Lipinski definition) is 4. The van der Waals surface area contributed by atoms with Crippen LogP contribution in [0.25, 0.3) is 11.4 Å². The first-order valence-electron chi connectivity index (χ1n) is 12.0. The highest BCUT2D eigenvalue weighted by atomic mass is 16.4. The van der Waals surface area contributed by atoms with Gasteiger partial charge in [0, 0.05) is 18.0 Å². The van der Waals surface area contributed by atoms with Gasteiger partial charge in [0.1, 0.15) is 0 Å². The highest BCUT2D eigenvalue weighted by molar-refractivity contribution is 5.77. The van der Waals surface area contributed by atoms with Crippen LogP contribution in [0.4, 0.5) is 0 Å². The molecule has 0 bridgehead atoms. The maximum absolute atomic E-state index is 12.0. The molecule has 32 heavy (non-hydrogen) atoms. The van der Waals surface area contributed by atoms with Crippen molar-refractivity contribution in [3.05, 3.63) is 47.8 Å². The van der Waals surface area contributed by atoms with Crippen LogP contribution in [0.1, 0.15) is 89.2 Å². The summed E-state index contributed by atoms with van der Waals surface area (Å²) in [7, 11) is 0. The normalized spacial score (nSPS) is 13.8. The third kappa shape index (κ3) is 7.44. The lowest BCUT2D eigenvalue weighted by molar-refractivity contribution is -0.140. The van der Waals surface area contributed by atoms with Gasteiger partial charge in [0.05, 0.1) is 17.9 Å². The highest BCUT2D eigenvalue weighted by Gasteiger charge is 2.33. The Morgan fingerprint density at radius 2 is 1.62 bits per heavy atom. The number of nitrogens with zero attached hydrogens (tertiary/aromatic N) is 3. The summed E-state index contributed by atoms with van der Waals surface area (Å²) in [6.45, 7) is 6.24. The zero-order chi connectivity index (χ0) is 23.3. The Hall–Kier alpha value is -2.74. The van der Waals surface area contributed by atoms with E-state index in [0.29, 0.717) is 11.4 Å². The van der Waals surface area contributed by atoms with Crippen molar-refractivity contribution in [3.8, 4) is 17.5 Å². The molecule has 172 valence electrons. The number of aliphatic carboxylic acids is 1. The largest absolute Gasteiger partial charge is 0.481 e. The highest BCUT2D eigenvalue weighted by Crippen LogP contribution is 2.33. The summed E-state index contributed by atoms with van der Waals surface area (Å²) >= 11 is 0. The molecule has 0 saturated heterocycles. The van der Waals surface area contributed by atoms with Crippen LogP contribution < -0.4 is 0 Å². The van der Waals surface area contributed by atoms with E-state index in [2.05, 4.69) is 23.0 Å². The number of carboxylic acids is 1. The van der Waals surface area contributed by atoms with Gasteiger partial charge >= 0.3 is 5.97 Å². The topological polar surface area (TPSA) is 86.9 Å². The molecule has 5 nitrogen and oxygen atoms in total. The molecule has 5 heteroatoms. The van der Waals surface area contributed by atoms with Gasteiger partial charge in [-0.3, -0.25) is 4.79 Å². The molecule has 0 amide bonds. The quantitative estimate of drug-likeness (QED) is 0.330. The number of benzene rings is 1. The zero-order valence-corrected chi connectivity index (χ0v) is 19.8. The number of rotatable bonds is 14. The summed E-state index contributed by atoms with van der Waals surface area (Å²) in [4.78, 5) is 21.0. The summed E-state index contributed by atoms with van der Waals surface area (Å²) in [5, 5.41) is 19.5. The molecule has 0 fully saturated rings. The smallest absolute Gasteiger partial charge is 0.312 e. The van der Waals surface area contributed by atoms with Crippen LogP contribution in [-0.2, 0) is 11.2 Å². The summed E-state index contributed by atoms with van der Waals surface area (Å²) < 4.78 is 0. The van der Waals surface area contributed by atoms with E-state index in [0.717, 1.165) is 36.8 Å². The Morgan fingerprint density at radius 1 is 1.00 bits per heavy atom. The van der Waals surface area contributed by atoms with Gasteiger partial charge < -0.3 is 5.11 Å². The van der Waals surface area contributed by atoms with Crippen LogP contribution in [-0.4, -0.2) is 21.0 Å². The first-order chi connectivity index (χ1) is 15.5. The average Bonchev–Trinajstić information content (AvgIpc) is 2.80. The summed E-state index contributed by atoms with van der Waals surface area (Å²) in [6, 6.07) is 9.55. The van der Waals surface area contributed by atoms with Gasteiger partial charge in [0.25, 0.3) is 0 Å². The Balaban J connectivity index is 2.04. The van der Waals surface area contributed by atoms with Gasteiger partial charge in [-0.2, -0.15) is 5.26 Å². The van der Waals surface area contributed by atoms with Crippen molar-refractivity contribution in [2.75, 3.05) is 0 Å². The predicted octanol–water partition coefficient (Wildman–Crippen LogP) is 6.79. The lowest BCUT2D eigenvalue weighted by atomic mass is 9.77. The van der Waals surface area contributed by atoms with Crippen molar-refractivity contribution in [2.24, 2.45) is 11.8 Å². The molecular formula is C27H37N3O2. The molecule has 0 radical (unpaired) electrons. The fourth-order valence-corrected chi connectivity index (χ4v) is 4.25. The molecule has 0 saturated carbocycles. The van der Waals surface area contributed by atoms with Crippen molar-refractivity contribution < 1.29 is 9.90 Å². The summed E-state index contributed by atoms with van der Waals surface area (Å²) in [5.41, 5.74) is 2.64. The van der Waals surface area contributed by atoms with Gasteiger partial charge in [-0.1, -0.05) is 83.6 Å². The van der Waals surface area contributed by atoms with Gasteiger partial charge in [-0.15, -0.1) is 0 Å². The predicted molar refractivity (Wildman–Crippen MR) is 128 cm³/mol. The number of aromatic nitrogens is 2. The SMILES string of the molecule is CCCCCCCCc1cnc(-c2ccc(C(C(=O)O)C(C#N)C(C)CCC)cc2)nc1. The number of unbranched alkanes of at least 4 members (excludes halogenated alkanes) is 5. The van der Waals surface area contributed by atoms with E-state index in [4.69, 9.17) is 0 Å². The van der Waals surface area contributed by atoms with Crippen LogP contribution in [0.3, 0.4) is 0 Å². The number of aryl methyl sites for hydroxylation is 1. The van der Waals surface area contributed by atoms with Crippen molar-refractivity contribution in [3.63, 3.8) is 0 Å². The molecule has 1 heterocycles. The first-order valence-corrected chi connectivity index (χ1v) is 12.0. The van der Waals surface area contributed by atoms with E-state index in [1.165, 1.54) is 32.1 Å². The molecule has 1 N–H and O–H groups in total. The van der Waals surface area contributed by atoms with Crippen molar-refractivity contribution in [1.82, 2.24) is 9.97 Å². The minimum atomic E-state index is -0.956. The number of carboxylic acid groups (broad SMARTS) is 1. The second-order valence-corrected chi connectivity index (χ2v) is 8.79. The molecular weight excluding hydrogens is 398 g/mol. The fourth-order valence-electron chi connectivity index (χ4n) is 4.25. The first kappa shape index (κ1) is 25.5. The van der Waals surface area contributed by atoms with Crippen LogP contribution in [0.2, 0.25) is 0 Å². The summed E-state index contributed by atoms with van der Waals surface area (Å²) in [5.74, 6) is -1.70. The van der Waals surface area contributed by atoms with Crippen LogP contribution in [0.5, 0.6) is 0 Å². The fraction of sp³-hybridized carbons (Fsp3) is 0.556. The van der Waals surface area contributed by atoms with E-state index in [9.17, 15) is 15.2 Å². The minimum Gasteiger partial charge on any atom is -0.481 e. The Morgan fingerprint density at radius 3 is 2.19 bits per heavy atom. The van der Waals surface area contributed by atoms with Gasteiger partial charge in [0.15, 0.2) is 5.82 Å². The standard InChI is InChI=1S/C27H37N3O2/c1-4-6-7-8-9-10-12-21-18-29-26(30-19-21)23-15-13-22(14-16-23)25(27(31)32)24(17-28)20(3)11-5-2/h13-16,18-20,24-25H,4-12H2,1-3H3,(H,31,32). The van der Waals surface area contributed by atoms with E-state index in [1.807, 2.05) is 38.4 Å². The van der Waals surface area contributed by atoms with Crippen LogP contribution in [0.15, 0.2) is 36.7 Å². The third-order valence-corrected chi connectivity index (χ3v) is 6.18. The number of carbonyl (C=O) groups is 1. The molecule has 3 unspecified atom stereocenters. The molecule has 1 aromatic heterocycles. The lowest BCUT2D eigenvalue weighted by Gasteiger charge is -2.24. The Labute approximate surface area is 192 Å². The Kier molecular flexibility index (Phi) is 10.9. The van der Waals surface area contributed by atoms with Gasteiger partial charge in [-0.05, 0) is 36.3 Å². The zero-order valence-electron chi connectivity index (χ0n) is 19.8. The number of hydrogen-bond donors (Lipinski definition) is 1. The van der Waals surface area contributed by atoms with Crippen LogP contribution >= 0.6 is 0 Å².